The summed E-state index contributed by atoms with van der Waals surface area (Å²) in [5.41, 5.74) is 0. The first-order valence-electron chi connectivity index (χ1n) is 4.96. The van der Waals surface area contributed by atoms with Crippen molar-refractivity contribution in [2.24, 2.45) is 0 Å². The lowest BCUT2D eigenvalue weighted by Crippen LogP contribution is -2.39. The standard InChI is InChI=1S/C9H19NO3S/c1-10(6-7-14(2,12)13)8-4-3-5-9(8)11/h8-9,11H,3-7H2,1-2H3. The average Bonchev–Trinajstić information content (AvgIpc) is 2.46. The smallest absolute Gasteiger partial charge is 0.148 e. The zero-order chi connectivity index (χ0) is 10.8. The van der Waals surface area contributed by atoms with Gasteiger partial charge in [-0.1, -0.05) is 0 Å². The van der Waals surface area contributed by atoms with E-state index < -0.39 is 9.84 Å². The molecule has 1 saturated carbocycles. The zero-order valence-electron chi connectivity index (χ0n) is 8.81. The van der Waals surface area contributed by atoms with Crippen LogP contribution in [0.15, 0.2) is 0 Å². The molecule has 0 bridgehead atoms. The molecular weight excluding hydrogens is 202 g/mol. The van der Waals surface area contributed by atoms with Gasteiger partial charge in [0.25, 0.3) is 0 Å². The predicted molar refractivity (Wildman–Crippen MR) is 56.0 cm³/mol. The Morgan fingerprint density at radius 1 is 1.43 bits per heavy atom. The van der Waals surface area contributed by atoms with Gasteiger partial charge in [0, 0.05) is 18.8 Å². The Morgan fingerprint density at radius 3 is 2.50 bits per heavy atom. The maximum Gasteiger partial charge on any atom is 0.148 e. The van der Waals surface area contributed by atoms with E-state index in [0.29, 0.717) is 6.54 Å². The van der Waals surface area contributed by atoms with Gasteiger partial charge in [-0.2, -0.15) is 0 Å². The van der Waals surface area contributed by atoms with E-state index in [1.54, 1.807) is 0 Å². The summed E-state index contributed by atoms with van der Waals surface area (Å²) < 4.78 is 21.9. The summed E-state index contributed by atoms with van der Waals surface area (Å²) in [5, 5.41) is 9.60. The molecule has 0 amide bonds. The van der Waals surface area contributed by atoms with Crippen LogP contribution < -0.4 is 0 Å². The van der Waals surface area contributed by atoms with Crippen LogP contribution in [0.2, 0.25) is 0 Å². The molecule has 0 aromatic heterocycles. The molecule has 1 fully saturated rings. The Hall–Kier alpha value is -0.130. The second-order valence-electron chi connectivity index (χ2n) is 4.18. The SMILES string of the molecule is CN(CCS(C)(=O)=O)C1CCCC1O. The third-order valence-electron chi connectivity index (χ3n) is 2.82. The fourth-order valence-electron chi connectivity index (χ4n) is 1.91. The molecule has 0 saturated heterocycles. The monoisotopic (exact) mass is 221 g/mol. The van der Waals surface area contributed by atoms with Gasteiger partial charge in [-0.05, 0) is 26.3 Å². The van der Waals surface area contributed by atoms with Crippen molar-refractivity contribution in [3.05, 3.63) is 0 Å². The summed E-state index contributed by atoms with van der Waals surface area (Å²) in [5.74, 6) is 0.173. The zero-order valence-corrected chi connectivity index (χ0v) is 9.63. The Kier molecular flexibility index (Phi) is 3.92. The molecule has 4 nitrogen and oxygen atoms in total. The fraction of sp³-hybridized carbons (Fsp3) is 1.00. The summed E-state index contributed by atoms with van der Waals surface area (Å²) in [4.78, 5) is 1.96. The van der Waals surface area contributed by atoms with Gasteiger partial charge in [0.1, 0.15) is 9.84 Å². The largest absolute Gasteiger partial charge is 0.391 e. The van der Waals surface area contributed by atoms with E-state index in [1.165, 1.54) is 6.26 Å². The van der Waals surface area contributed by atoms with Gasteiger partial charge < -0.3 is 5.11 Å². The molecule has 1 rings (SSSR count). The van der Waals surface area contributed by atoms with Crippen LogP contribution in [0.1, 0.15) is 19.3 Å². The van der Waals surface area contributed by atoms with Gasteiger partial charge in [-0.3, -0.25) is 4.90 Å². The molecule has 0 spiro atoms. The maximum absolute atomic E-state index is 10.9. The van der Waals surface area contributed by atoms with Crippen molar-refractivity contribution in [3.63, 3.8) is 0 Å². The van der Waals surface area contributed by atoms with Crippen molar-refractivity contribution in [2.75, 3.05) is 25.6 Å². The minimum atomic E-state index is -2.89. The number of nitrogens with zero attached hydrogens (tertiary/aromatic N) is 1. The van der Waals surface area contributed by atoms with Crippen LogP contribution in [0.25, 0.3) is 0 Å². The van der Waals surface area contributed by atoms with E-state index in [2.05, 4.69) is 0 Å². The molecule has 2 unspecified atom stereocenters. The lowest BCUT2D eigenvalue weighted by atomic mass is 10.2. The first-order chi connectivity index (χ1) is 6.40. The van der Waals surface area contributed by atoms with Crippen LogP contribution in [0.3, 0.4) is 0 Å². The molecule has 1 aliphatic carbocycles. The number of likely N-dealkylation sites (N-methyl/N-ethyl adjacent to an activating group) is 1. The van der Waals surface area contributed by atoms with Crippen molar-refractivity contribution >= 4 is 9.84 Å². The minimum absolute atomic E-state index is 0.150. The molecule has 5 heteroatoms. The van der Waals surface area contributed by atoms with E-state index >= 15 is 0 Å². The highest BCUT2D eigenvalue weighted by Gasteiger charge is 2.28. The third kappa shape index (κ3) is 3.55. The second-order valence-corrected chi connectivity index (χ2v) is 6.44. The van der Waals surface area contributed by atoms with Gasteiger partial charge in [0.05, 0.1) is 11.9 Å². The molecule has 1 aliphatic rings. The number of rotatable bonds is 4. The van der Waals surface area contributed by atoms with Crippen LogP contribution in [-0.4, -0.2) is 56.2 Å². The molecule has 0 heterocycles. The first kappa shape index (κ1) is 11.9. The summed E-state index contributed by atoms with van der Waals surface area (Å²) in [6.45, 7) is 0.514. The van der Waals surface area contributed by atoms with Gasteiger partial charge in [-0.15, -0.1) is 0 Å². The average molecular weight is 221 g/mol. The molecule has 0 aromatic carbocycles. The van der Waals surface area contributed by atoms with E-state index in [1.807, 2.05) is 11.9 Å². The van der Waals surface area contributed by atoms with Gasteiger partial charge in [0.15, 0.2) is 0 Å². The number of aliphatic hydroxyl groups excluding tert-OH is 1. The molecular formula is C9H19NO3S. The van der Waals surface area contributed by atoms with Crippen LogP contribution in [0.4, 0.5) is 0 Å². The second kappa shape index (κ2) is 4.59. The van der Waals surface area contributed by atoms with E-state index in [9.17, 15) is 13.5 Å². The molecule has 0 aliphatic heterocycles. The normalized spacial score (nSPS) is 28.6. The number of hydrogen-bond acceptors (Lipinski definition) is 4. The van der Waals surface area contributed by atoms with E-state index in [0.717, 1.165) is 19.3 Å². The Morgan fingerprint density at radius 2 is 2.07 bits per heavy atom. The topological polar surface area (TPSA) is 57.6 Å². The van der Waals surface area contributed by atoms with E-state index in [-0.39, 0.29) is 17.9 Å². The van der Waals surface area contributed by atoms with Gasteiger partial charge in [-0.25, -0.2) is 8.42 Å². The Balaban J connectivity index is 2.38. The molecule has 14 heavy (non-hydrogen) atoms. The fourth-order valence-corrected chi connectivity index (χ4v) is 2.53. The van der Waals surface area contributed by atoms with Crippen LogP contribution >= 0.6 is 0 Å². The lowest BCUT2D eigenvalue weighted by Gasteiger charge is -2.26. The first-order valence-corrected chi connectivity index (χ1v) is 7.02. The van der Waals surface area contributed by atoms with Crippen LogP contribution in [0.5, 0.6) is 0 Å². The predicted octanol–water partition coefficient (Wildman–Crippen LogP) is -0.124. The quantitative estimate of drug-likeness (QED) is 0.719. The van der Waals surface area contributed by atoms with Crippen LogP contribution in [0, 0.1) is 0 Å². The van der Waals surface area contributed by atoms with Crippen LogP contribution in [-0.2, 0) is 9.84 Å². The van der Waals surface area contributed by atoms with Crippen molar-refractivity contribution in [1.29, 1.82) is 0 Å². The summed E-state index contributed by atoms with van der Waals surface area (Å²) in [6.07, 6.45) is 3.82. The molecule has 0 radical (unpaired) electrons. The Labute approximate surface area is 85.8 Å². The molecule has 1 N–H and O–H groups in total. The third-order valence-corrected chi connectivity index (χ3v) is 3.75. The van der Waals surface area contributed by atoms with Gasteiger partial charge >= 0.3 is 0 Å². The summed E-state index contributed by atoms with van der Waals surface area (Å²) in [7, 11) is -1.01. The number of sulfone groups is 1. The molecule has 0 aromatic rings. The highest BCUT2D eigenvalue weighted by Crippen LogP contribution is 2.22. The lowest BCUT2D eigenvalue weighted by molar-refractivity contribution is 0.0897. The summed E-state index contributed by atoms with van der Waals surface area (Å²) in [6, 6.07) is 0.150. The minimum Gasteiger partial charge on any atom is -0.391 e. The maximum atomic E-state index is 10.9. The molecule has 84 valence electrons. The van der Waals surface area contributed by atoms with E-state index in [4.69, 9.17) is 0 Å². The van der Waals surface area contributed by atoms with Crippen molar-refractivity contribution in [2.45, 2.75) is 31.4 Å². The highest BCUT2D eigenvalue weighted by atomic mass is 32.2. The number of aliphatic hydroxyl groups is 1. The summed E-state index contributed by atoms with van der Waals surface area (Å²) >= 11 is 0. The van der Waals surface area contributed by atoms with Gasteiger partial charge in [0.2, 0.25) is 0 Å². The molecule has 2 atom stereocenters. The highest BCUT2D eigenvalue weighted by molar-refractivity contribution is 7.90. The van der Waals surface area contributed by atoms with Crippen molar-refractivity contribution < 1.29 is 13.5 Å². The van der Waals surface area contributed by atoms with Crippen molar-refractivity contribution in [1.82, 2.24) is 4.90 Å². The number of hydrogen-bond donors (Lipinski definition) is 1. The van der Waals surface area contributed by atoms with Crippen molar-refractivity contribution in [3.8, 4) is 0 Å². The Bertz CT molecular complexity index is 276.